The van der Waals surface area contributed by atoms with Crippen molar-refractivity contribution in [3.63, 3.8) is 0 Å². The number of rotatable bonds is 12. The van der Waals surface area contributed by atoms with E-state index in [0.29, 0.717) is 17.7 Å². The van der Waals surface area contributed by atoms with Crippen molar-refractivity contribution in [2.75, 3.05) is 22.5 Å². The van der Waals surface area contributed by atoms with E-state index in [-0.39, 0.29) is 47.0 Å². The van der Waals surface area contributed by atoms with Gasteiger partial charge in [0, 0.05) is 31.3 Å². The molecule has 0 atom stereocenters. The number of aromatic nitrogens is 8. The van der Waals surface area contributed by atoms with Crippen LogP contribution in [0.3, 0.4) is 0 Å². The predicted octanol–water partition coefficient (Wildman–Crippen LogP) is 3.47. The van der Waals surface area contributed by atoms with Gasteiger partial charge < -0.3 is 26.2 Å². The Hall–Kier alpha value is -7.44. The molecule has 0 aliphatic rings. The number of halogens is 2. The van der Waals surface area contributed by atoms with Crippen molar-refractivity contribution in [3.8, 4) is 11.6 Å². The first-order chi connectivity index (χ1) is 24.6. The molecule has 2 aromatic carbocycles. The smallest absolute Gasteiger partial charge is 0.337 e. The minimum atomic E-state index is -1.52. The van der Waals surface area contributed by atoms with E-state index in [1.165, 1.54) is 49.3 Å². The summed E-state index contributed by atoms with van der Waals surface area (Å²) in [6.07, 6.45) is 9.11. The van der Waals surface area contributed by atoms with E-state index in [1.54, 1.807) is 21.5 Å². The summed E-state index contributed by atoms with van der Waals surface area (Å²) < 4.78 is 33.1. The number of carbonyl (C=O) groups excluding carboxylic acids is 2. The van der Waals surface area contributed by atoms with Crippen LogP contribution in [0.15, 0.2) is 86.0 Å². The van der Waals surface area contributed by atoms with E-state index in [2.05, 4.69) is 46.3 Å². The number of anilines is 3. The molecule has 0 spiro atoms. The molecule has 4 heterocycles. The summed E-state index contributed by atoms with van der Waals surface area (Å²) in [6, 6.07) is 9.33. The summed E-state index contributed by atoms with van der Waals surface area (Å²) >= 11 is 0. The normalized spacial score (nSPS) is 10.8. The molecule has 2 amide bonds. The van der Waals surface area contributed by atoms with Crippen LogP contribution in [0.2, 0.25) is 0 Å². The molecule has 0 bridgehead atoms. The lowest BCUT2D eigenvalue weighted by atomic mass is 10.0. The molecule has 17 nitrogen and oxygen atoms in total. The number of amides is 2. The van der Waals surface area contributed by atoms with Crippen LogP contribution >= 0.6 is 0 Å². The molecule has 0 saturated carbocycles. The molecule has 0 aliphatic carbocycles. The highest BCUT2D eigenvalue weighted by Gasteiger charge is 2.21. The molecule has 51 heavy (non-hydrogen) atoms. The number of carboxylic acid groups (broad SMARTS) is 2. The topological polar surface area (TPSA) is 232 Å². The molecule has 0 unspecified atom stereocenters. The van der Waals surface area contributed by atoms with Gasteiger partial charge in [0.25, 0.3) is 11.8 Å². The minimum Gasteiger partial charge on any atom is -0.478 e. The zero-order valence-electron chi connectivity index (χ0n) is 25.9. The Kier molecular flexibility index (Phi) is 9.42. The van der Waals surface area contributed by atoms with Gasteiger partial charge in [-0.25, -0.2) is 28.3 Å². The van der Waals surface area contributed by atoms with Crippen molar-refractivity contribution in [3.05, 3.63) is 126 Å². The van der Waals surface area contributed by atoms with E-state index < -0.39 is 46.5 Å². The molecule has 6 rings (SSSR count). The standard InChI is InChI=1S/C32H23F2N11O6/c33-20-12-18(31(48)49)24(38-29(46)22-1-3-27(42-40-22)44-9-7-35-15-44)11-17(20)5-6-37-26-14-25(19(32(50)51)13-21(26)34)39-30(47)23-2-4-28(43-41-23)45-10-8-36-16-45/h1-4,7-16,37H,5-6H2,(H,38,46)(H,39,47)(H,48,49)(H,50,51). The quantitative estimate of drug-likeness (QED) is 0.124. The fourth-order valence-electron chi connectivity index (χ4n) is 4.74. The molecule has 6 aromatic rings. The van der Waals surface area contributed by atoms with Crippen molar-refractivity contribution < 1.29 is 38.2 Å². The van der Waals surface area contributed by atoms with Crippen LogP contribution in [-0.2, 0) is 6.42 Å². The second-order valence-electron chi connectivity index (χ2n) is 10.6. The maximum atomic E-state index is 15.0. The average molecular weight is 696 g/mol. The fourth-order valence-corrected chi connectivity index (χ4v) is 4.74. The summed E-state index contributed by atoms with van der Waals surface area (Å²) in [7, 11) is 0. The van der Waals surface area contributed by atoms with Crippen LogP contribution < -0.4 is 16.0 Å². The first-order valence-electron chi connectivity index (χ1n) is 14.7. The number of carboxylic acids is 2. The van der Waals surface area contributed by atoms with Crippen LogP contribution in [0.1, 0.15) is 47.3 Å². The van der Waals surface area contributed by atoms with Gasteiger partial charge in [-0.3, -0.25) is 18.7 Å². The van der Waals surface area contributed by atoms with Crippen LogP contribution in [0, 0.1) is 11.6 Å². The van der Waals surface area contributed by atoms with Gasteiger partial charge in [0.2, 0.25) is 0 Å². The third kappa shape index (κ3) is 7.51. The monoisotopic (exact) mass is 695 g/mol. The van der Waals surface area contributed by atoms with Gasteiger partial charge in [0.05, 0.1) is 28.2 Å². The summed E-state index contributed by atoms with van der Waals surface area (Å²) in [6.45, 7) is -0.143. The van der Waals surface area contributed by atoms with Crippen LogP contribution in [0.5, 0.6) is 0 Å². The second-order valence-corrected chi connectivity index (χ2v) is 10.6. The molecule has 0 fully saturated rings. The maximum absolute atomic E-state index is 15.0. The Morgan fingerprint density at radius 3 is 1.61 bits per heavy atom. The fraction of sp³-hybridized carbons (Fsp3) is 0.0625. The number of aromatic carboxylic acids is 2. The Labute approximate surface area is 284 Å². The molecule has 4 aromatic heterocycles. The molecule has 0 saturated heterocycles. The zero-order chi connectivity index (χ0) is 36.1. The van der Waals surface area contributed by atoms with Gasteiger partial charge in [-0.15, -0.1) is 20.4 Å². The molecular formula is C32H23F2N11O6. The van der Waals surface area contributed by atoms with E-state index in [4.69, 9.17) is 0 Å². The largest absolute Gasteiger partial charge is 0.478 e. The Bertz CT molecular complexity index is 2090. The van der Waals surface area contributed by atoms with E-state index in [1.807, 2.05) is 0 Å². The Morgan fingerprint density at radius 2 is 1.16 bits per heavy atom. The van der Waals surface area contributed by atoms with Crippen molar-refractivity contribution in [1.82, 2.24) is 39.5 Å². The third-order valence-electron chi connectivity index (χ3n) is 7.26. The van der Waals surface area contributed by atoms with Gasteiger partial charge >= 0.3 is 11.9 Å². The lowest BCUT2D eigenvalue weighted by molar-refractivity contribution is 0.0686. The van der Waals surface area contributed by atoms with Crippen molar-refractivity contribution in [2.45, 2.75) is 6.42 Å². The van der Waals surface area contributed by atoms with Gasteiger partial charge in [-0.05, 0) is 60.5 Å². The van der Waals surface area contributed by atoms with Crippen molar-refractivity contribution >= 4 is 40.8 Å². The highest BCUT2D eigenvalue weighted by Crippen LogP contribution is 2.27. The Morgan fingerprint density at radius 1 is 0.647 bits per heavy atom. The van der Waals surface area contributed by atoms with E-state index in [9.17, 15) is 33.8 Å². The first-order valence-corrected chi connectivity index (χ1v) is 14.7. The van der Waals surface area contributed by atoms with Crippen molar-refractivity contribution in [1.29, 1.82) is 0 Å². The highest BCUT2D eigenvalue weighted by molar-refractivity contribution is 6.08. The Balaban J connectivity index is 1.16. The van der Waals surface area contributed by atoms with Crippen LogP contribution in [-0.4, -0.2) is 80.0 Å². The number of hydrogen-bond donors (Lipinski definition) is 5. The van der Waals surface area contributed by atoms with E-state index in [0.717, 1.165) is 18.2 Å². The molecular weight excluding hydrogens is 672 g/mol. The molecule has 19 heteroatoms. The number of hydrogen-bond acceptors (Lipinski definition) is 11. The number of benzene rings is 2. The number of nitrogens with zero attached hydrogens (tertiary/aromatic N) is 8. The summed E-state index contributed by atoms with van der Waals surface area (Å²) in [4.78, 5) is 57.3. The van der Waals surface area contributed by atoms with Gasteiger partial charge in [0.1, 0.15) is 24.3 Å². The maximum Gasteiger partial charge on any atom is 0.337 e. The van der Waals surface area contributed by atoms with Gasteiger partial charge in [0.15, 0.2) is 23.0 Å². The average Bonchev–Trinajstić information content (AvgIpc) is 3.86. The number of imidazole rings is 2. The summed E-state index contributed by atoms with van der Waals surface area (Å²) in [5, 5.41) is 42.4. The lowest BCUT2D eigenvalue weighted by Gasteiger charge is -2.15. The summed E-state index contributed by atoms with van der Waals surface area (Å²) in [5.41, 5.74) is -2.15. The SMILES string of the molecule is O=C(Nc1cc(CCNc2cc(NC(=O)c3ccc(-n4ccnc4)nn3)c(C(=O)O)cc2F)c(F)cc1C(=O)O)c1ccc(-n2ccnc2)nn1. The van der Waals surface area contributed by atoms with Crippen LogP contribution in [0.25, 0.3) is 11.6 Å². The third-order valence-corrected chi connectivity index (χ3v) is 7.26. The lowest BCUT2D eigenvalue weighted by Crippen LogP contribution is -2.18. The predicted molar refractivity (Wildman–Crippen MR) is 173 cm³/mol. The minimum absolute atomic E-state index is 0.0434. The molecule has 0 aliphatic heterocycles. The summed E-state index contributed by atoms with van der Waals surface area (Å²) in [5.74, 6) is -5.81. The van der Waals surface area contributed by atoms with E-state index >= 15 is 4.39 Å². The number of carbonyl (C=O) groups is 4. The molecule has 0 radical (unpaired) electrons. The first kappa shape index (κ1) is 33.5. The second kappa shape index (κ2) is 14.4. The van der Waals surface area contributed by atoms with Crippen LogP contribution in [0.4, 0.5) is 25.8 Å². The van der Waals surface area contributed by atoms with Crippen molar-refractivity contribution in [2.24, 2.45) is 0 Å². The molecule has 256 valence electrons. The number of nitrogens with one attached hydrogen (secondary N) is 3. The van der Waals surface area contributed by atoms with Gasteiger partial charge in [-0.2, -0.15) is 0 Å². The molecule has 5 N–H and O–H groups in total. The van der Waals surface area contributed by atoms with Gasteiger partial charge in [-0.1, -0.05) is 0 Å². The zero-order valence-corrected chi connectivity index (χ0v) is 25.9. The highest BCUT2D eigenvalue weighted by atomic mass is 19.1.